The average Bonchev–Trinajstić information content (AvgIpc) is 2.40. The Morgan fingerprint density at radius 2 is 1.86 bits per heavy atom. The molecule has 9 heteroatoms. The summed E-state index contributed by atoms with van der Waals surface area (Å²) in [4.78, 5) is 8.06. The molecule has 2 rings (SSSR count). The third kappa shape index (κ3) is 6.55. The molecule has 0 unspecified atom stereocenters. The van der Waals surface area contributed by atoms with Crippen LogP contribution >= 0.6 is 0 Å². The third-order valence-electron chi connectivity index (χ3n) is 3.38. The van der Waals surface area contributed by atoms with Crippen molar-refractivity contribution in [3.8, 4) is 5.75 Å². The molecule has 1 saturated heterocycles. The molecular formula is C12H18BF3KN3O. The predicted molar refractivity (Wildman–Crippen MR) is 72.4 cm³/mol. The molecule has 0 saturated carbocycles. The largest absolute Gasteiger partial charge is 1.00 e. The van der Waals surface area contributed by atoms with Crippen molar-refractivity contribution in [1.29, 1.82) is 0 Å². The summed E-state index contributed by atoms with van der Waals surface area (Å²) >= 11 is 0. The van der Waals surface area contributed by atoms with E-state index in [2.05, 4.69) is 21.8 Å². The Bertz CT molecular complexity index is 442. The van der Waals surface area contributed by atoms with E-state index in [0.29, 0.717) is 6.61 Å². The minimum Gasteiger partial charge on any atom is -0.491 e. The van der Waals surface area contributed by atoms with E-state index in [0.717, 1.165) is 45.0 Å². The van der Waals surface area contributed by atoms with Crippen molar-refractivity contribution < 1.29 is 69.1 Å². The van der Waals surface area contributed by atoms with E-state index in [-0.39, 0.29) is 57.1 Å². The van der Waals surface area contributed by atoms with Gasteiger partial charge in [-0.25, -0.2) is 0 Å². The summed E-state index contributed by atoms with van der Waals surface area (Å²) in [5.74, 6) is 0.177. The molecule has 0 amide bonds. The molecule has 1 fully saturated rings. The maximum Gasteiger partial charge on any atom is 1.00 e. The van der Waals surface area contributed by atoms with Crippen LogP contribution in [0.25, 0.3) is 0 Å². The first-order chi connectivity index (χ1) is 9.45. The Balaban J connectivity index is 0.00000220. The van der Waals surface area contributed by atoms with Gasteiger partial charge in [-0.05, 0) is 13.1 Å². The van der Waals surface area contributed by atoms with E-state index in [9.17, 15) is 12.9 Å². The number of piperazine rings is 1. The van der Waals surface area contributed by atoms with Gasteiger partial charge < -0.3 is 22.6 Å². The summed E-state index contributed by atoms with van der Waals surface area (Å²) in [7, 11) is 2.07. The summed E-state index contributed by atoms with van der Waals surface area (Å²) in [6.45, 7) is 0.00875. The first-order valence-corrected chi connectivity index (χ1v) is 6.64. The molecule has 0 radical (unpaired) electrons. The molecular weight excluding hydrogens is 309 g/mol. The van der Waals surface area contributed by atoms with E-state index in [1.54, 1.807) is 0 Å². The minimum absolute atomic E-state index is 0. The van der Waals surface area contributed by atoms with Crippen LogP contribution in [0, 0.1) is 0 Å². The number of rotatable bonds is 5. The number of pyridine rings is 1. The molecule has 1 aromatic heterocycles. The van der Waals surface area contributed by atoms with Crippen LogP contribution in [0.15, 0.2) is 18.5 Å². The Kier molecular flexibility index (Phi) is 8.18. The molecule has 0 atom stereocenters. The van der Waals surface area contributed by atoms with Gasteiger partial charge in [0.2, 0.25) is 0 Å². The van der Waals surface area contributed by atoms with Crippen LogP contribution in [0.1, 0.15) is 0 Å². The second-order valence-corrected chi connectivity index (χ2v) is 5.02. The molecule has 0 N–H and O–H groups in total. The molecule has 1 aliphatic rings. The molecule has 0 aromatic carbocycles. The fourth-order valence-corrected chi connectivity index (χ4v) is 2.06. The van der Waals surface area contributed by atoms with E-state index in [1.807, 2.05) is 0 Å². The third-order valence-corrected chi connectivity index (χ3v) is 3.38. The van der Waals surface area contributed by atoms with Crippen LogP contribution in [0.4, 0.5) is 12.9 Å². The fraction of sp³-hybridized carbons (Fsp3) is 0.583. The summed E-state index contributed by atoms with van der Waals surface area (Å²) in [6, 6.07) is 1.01. The van der Waals surface area contributed by atoms with E-state index >= 15 is 0 Å². The van der Waals surface area contributed by atoms with Crippen LogP contribution in [-0.4, -0.2) is 68.1 Å². The number of hydrogen-bond donors (Lipinski definition) is 0. The monoisotopic (exact) mass is 327 g/mol. The Morgan fingerprint density at radius 3 is 2.48 bits per heavy atom. The minimum atomic E-state index is -5.02. The SMILES string of the molecule is CN1CCN(CCOc2cncc([B-](F)(F)F)c2)CC1.[K+]. The van der Waals surface area contributed by atoms with Crippen molar-refractivity contribution in [3.05, 3.63) is 18.5 Å². The summed E-state index contributed by atoms with van der Waals surface area (Å²) < 4.78 is 43.1. The molecule has 0 aliphatic carbocycles. The number of aromatic nitrogens is 1. The van der Waals surface area contributed by atoms with Crippen molar-refractivity contribution in [2.75, 3.05) is 46.4 Å². The predicted octanol–water partition coefficient (Wildman–Crippen LogP) is -2.23. The zero-order chi connectivity index (χ0) is 14.6. The molecule has 0 spiro atoms. The van der Waals surface area contributed by atoms with Gasteiger partial charge in [0.1, 0.15) is 12.4 Å². The fourth-order valence-electron chi connectivity index (χ4n) is 2.06. The second-order valence-electron chi connectivity index (χ2n) is 5.02. The number of halogens is 3. The summed E-state index contributed by atoms with van der Waals surface area (Å²) in [6.07, 6.45) is 2.14. The smallest absolute Gasteiger partial charge is 0.491 e. The van der Waals surface area contributed by atoms with Crippen molar-refractivity contribution in [2.24, 2.45) is 0 Å². The molecule has 0 bridgehead atoms. The van der Waals surface area contributed by atoms with Crippen molar-refractivity contribution in [3.63, 3.8) is 0 Å². The van der Waals surface area contributed by atoms with Crippen molar-refractivity contribution >= 4 is 12.4 Å². The summed E-state index contributed by atoms with van der Waals surface area (Å²) in [5, 5.41) is 0. The van der Waals surface area contributed by atoms with Gasteiger partial charge in [0.05, 0.1) is 6.20 Å². The summed E-state index contributed by atoms with van der Waals surface area (Å²) in [5.41, 5.74) is -0.720. The Labute approximate surface area is 165 Å². The maximum absolute atomic E-state index is 12.6. The number of hydrogen-bond acceptors (Lipinski definition) is 4. The second kappa shape index (κ2) is 8.85. The molecule has 1 aliphatic heterocycles. The zero-order valence-electron chi connectivity index (χ0n) is 12.4. The Morgan fingerprint density at radius 1 is 1.19 bits per heavy atom. The van der Waals surface area contributed by atoms with Crippen molar-refractivity contribution in [1.82, 2.24) is 14.8 Å². The van der Waals surface area contributed by atoms with E-state index in [1.165, 1.54) is 6.20 Å². The van der Waals surface area contributed by atoms with Crippen molar-refractivity contribution in [2.45, 2.75) is 0 Å². The average molecular weight is 327 g/mol. The van der Waals surface area contributed by atoms with Gasteiger partial charge in [-0.15, -0.1) is 0 Å². The topological polar surface area (TPSA) is 28.6 Å². The van der Waals surface area contributed by atoms with Gasteiger partial charge in [0, 0.05) is 38.9 Å². The van der Waals surface area contributed by atoms with Crippen LogP contribution in [0.5, 0.6) is 5.75 Å². The maximum atomic E-state index is 12.6. The molecule has 4 nitrogen and oxygen atoms in total. The van der Waals surface area contributed by atoms with Gasteiger partial charge in [0.15, 0.2) is 0 Å². The quantitative estimate of drug-likeness (QED) is 0.572. The van der Waals surface area contributed by atoms with Crippen LogP contribution in [0.2, 0.25) is 0 Å². The first-order valence-electron chi connectivity index (χ1n) is 6.64. The van der Waals surface area contributed by atoms with E-state index < -0.39 is 12.4 Å². The molecule has 112 valence electrons. The van der Waals surface area contributed by atoms with Gasteiger partial charge in [0.25, 0.3) is 0 Å². The Hall–Kier alpha value is 0.361. The van der Waals surface area contributed by atoms with Gasteiger partial charge in [-0.1, -0.05) is 5.46 Å². The van der Waals surface area contributed by atoms with Gasteiger partial charge in [-0.2, -0.15) is 0 Å². The van der Waals surface area contributed by atoms with Gasteiger partial charge >= 0.3 is 58.4 Å². The zero-order valence-corrected chi connectivity index (χ0v) is 15.6. The molecule has 1 aromatic rings. The molecule has 21 heavy (non-hydrogen) atoms. The number of ether oxygens (including phenoxy) is 1. The normalized spacial score (nSPS) is 17.3. The van der Waals surface area contributed by atoms with Crippen LogP contribution in [0.3, 0.4) is 0 Å². The van der Waals surface area contributed by atoms with E-state index in [4.69, 9.17) is 4.74 Å². The van der Waals surface area contributed by atoms with Gasteiger partial charge in [-0.3, -0.25) is 9.88 Å². The number of nitrogens with zero attached hydrogens (tertiary/aromatic N) is 3. The van der Waals surface area contributed by atoms with Crippen LogP contribution in [-0.2, 0) is 0 Å². The first kappa shape index (κ1) is 19.4. The molecule has 2 heterocycles. The van der Waals surface area contributed by atoms with Crippen LogP contribution < -0.4 is 61.6 Å². The number of likely N-dealkylation sites (N-methyl/N-ethyl adjacent to an activating group) is 1. The standard InChI is InChI=1S/C12H18BF3N3O.K/c1-18-2-4-19(5-3-18)6-7-20-12-8-11(9-17-10-12)13(14,15)16;/h8-10H,2-7H2,1H3;/q-1;+1.